The quantitative estimate of drug-likeness (QED) is 0.354. The van der Waals surface area contributed by atoms with Crippen LogP contribution in [-0.4, -0.2) is 39.4 Å². The lowest BCUT2D eigenvalue weighted by Gasteiger charge is -2.40. The highest BCUT2D eigenvalue weighted by atomic mass is 16.4. The van der Waals surface area contributed by atoms with Crippen LogP contribution in [0.15, 0.2) is 24.3 Å². The second kappa shape index (κ2) is 11.3. The standard InChI is InChI=1S/C26H38N6O2/c1-18(2)6-8-21-12-22(31-30-21)16-32(25(33)34)15-20-5-4-10-26(3,13-20)17-29-24-11-19(14-27)7-9-23(24)28/h7,9,11-12,18,20,29H,4-6,8,10,13,15-17,28H2,1-3H3,(H,30,31)(H,33,34). The Morgan fingerprint density at radius 1 is 1.44 bits per heavy atom. The van der Waals surface area contributed by atoms with Crippen molar-refractivity contribution in [1.82, 2.24) is 15.1 Å². The van der Waals surface area contributed by atoms with Crippen molar-refractivity contribution in [2.75, 3.05) is 24.1 Å². The minimum Gasteiger partial charge on any atom is -0.465 e. The molecule has 1 fully saturated rings. The van der Waals surface area contributed by atoms with E-state index in [1.165, 1.54) is 4.90 Å². The van der Waals surface area contributed by atoms with E-state index in [1.807, 2.05) is 6.07 Å². The van der Waals surface area contributed by atoms with E-state index in [9.17, 15) is 9.90 Å². The summed E-state index contributed by atoms with van der Waals surface area (Å²) in [5, 5.41) is 29.8. The van der Waals surface area contributed by atoms with Crippen molar-refractivity contribution in [3.8, 4) is 6.07 Å². The molecule has 1 aromatic carbocycles. The molecular weight excluding hydrogens is 428 g/mol. The molecule has 1 aromatic heterocycles. The number of aryl methyl sites for hydroxylation is 1. The molecule has 0 aliphatic heterocycles. The summed E-state index contributed by atoms with van der Waals surface area (Å²) in [7, 11) is 0. The molecule has 8 nitrogen and oxygen atoms in total. The van der Waals surface area contributed by atoms with Gasteiger partial charge >= 0.3 is 6.09 Å². The maximum atomic E-state index is 12.0. The van der Waals surface area contributed by atoms with Crippen molar-refractivity contribution in [3.63, 3.8) is 0 Å². The topological polar surface area (TPSA) is 131 Å². The Hall–Kier alpha value is -3.21. The predicted octanol–water partition coefficient (Wildman–Crippen LogP) is 5.24. The molecule has 34 heavy (non-hydrogen) atoms. The molecule has 2 atom stereocenters. The van der Waals surface area contributed by atoms with Crippen LogP contribution in [0, 0.1) is 28.6 Å². The first kappa shape index (κ1) is 25.4. The molecule has 1 heterocycles. The number of rotatable bonds is 10. The molecule has 0 spiro atoms. The normalized spacial score (nSPS) is 20.1. The number of nitrogens with zero attached hydrogens (tertiary/aromatic N) is 3. The number of aromatic nitrogens is 2. The first-order valence-corrected chi connectivity index (χ1v) is 12.2. The monoisotopic (exact) mass is 466 g/mol. The number of hydrogen-bond acceptors (Lipinski definition) is 5. The van der Waals surface area contributed by atoms with E-state index >= 15 is 0 Å². The van der Waals surface area contributed by atoms with E-state index in [-0.39, 0.29) is 5.41 Å². The van der Waals surface area contributed by atoms with Crippen LogP contribution in [0.5, 0.6) is 0 Å². The lowest BCUT2D eigenvalue weighted by molar-refractivity contribution is 0.105. The maximum absolute atomic E-state index is 12.0. The van der Waals surface area contributed by atoms with Gasteiger partial charge in [-0.3, -0.25) is 5.10 Å². The molecule has 1 aliphatic carbocycles. The number of H-pyrrole nitrogens is 1. The van der Waals surface area contributed by atoms with Crippen LogP contribution in [0.2, 0.25) is 0 Å². The van der Waals surface area contributed by atoms with Crippen molar-refractivity contribution >= 4 is 17.5 Å². The van der Waals surface area contributed by atoms with Crippen molar-refractivity contribution in [3.05, 3.63) is 41.2 Å². The fourth-order valence-electron chi connectivity index (χ4n) is 4.90. The van der Waals surface area contributed by atoms with Crippen LogP contribution in [0.1, 0.15) is 69.8 Å². The zero-order valence-corrected chi connectivity index (χ0v) is 20.6. The van der Waals surface area contributed by atoms with Gasteiger partial charge < -0.3 is 21.1 Å². The number of benzene rings is 1. The number of aromatic amines is 1. The lowest BCUT2D eigenvalue weighted by Crippen LogP contribution is -2.39. The van der Waals surface area contributed by atoms with Crippen LogP contribution in [0.4, 0.5) is 16.2 Å². The van der Waals surface area contributed by atoms with Gasteiger partial charge in [0.15, 0.2) is 0 Å². The summed E-state index contributed by atoms with van der Waals surface area (Å²) < 4.78 is 0. The molecule has 1 amide bonds. The molecule has 3 rings (SSSR count). The molecule has 0 radical (unpaired) electrons. The predicted molar refractivity (Wildman–Crippen MR) is 134 cm³/mol. The molecule has 184 valence electrons. The van der Waals surface area contributed by atoms with E-state index in [2.05, 4.69) is 42.4 Å². The Labute approximate surface area is 202 Å². The molecule has 0 bridgehead atoms. The van der Waals surface area contributed by atoms with Gasteiger partial charge in [-0.05, 0) is 73.6 Å². The fraction of sp³-hybridized carbons (Fsp3) is 0.577. The van der Waals surface area contributed by atoms with Crippen LogP contribution in [0.25, 0.3) is 0 Å². The third-order valence-electron chi connectivity index (χ3n) is 6.83. The van der Waals surface area contributed by atoms with Gasteiger partial charge in [0.1, 0.15) is 0 Å². The van der Waals surface area contributed by atoms with Crippen LogP contribution in [0.3, 0.4) is 0 Å². The van der Waals surface area contributed by atoms with E-state index in [0.717, 1.165) is 62.1 Å². The third kappa shape index (κ3) is 7.14. The average Bonchev–Trinajstić information content (AvgIpc) is 3.24. The summed E-state index contributed by atoms with van der Waals surface area (Å²) in [5.74, 6) is 0.903. The lowest BCUT2D eigenvalue weighted by atomic mass is 9.70. The highest BCUT2D eigenvalue weighted by Crippen LogP contribution is 2.40. The van der Waals surface area contributed by atoms with Gasteiger partial charge in [-0.1, -0.05) is 27.2 Å². The van der Waals surface area contributed by atoms with Gasteiger partial charge in [-0.15, -0.1) is 0 Å². The molecule has 0 saturated heterocycles. The average molecular weight is 467 g/mol. The minimum atomic E-state index is -0.898. The summed E-state index contributed by atoms with van der Waals surface area (Å²) in [5.41, 5.74) is 9.93. The maximum Gasteiger partial charge on any atom is 0.407 e. The molecule has 1 saturated carbocycles. The van der Waals surface area contributed by atoms with Gasteiger partial charge in [0.2, 0.25) is 0 Å². The zero-order chi connectivity index (χ0) is 24.7. The van der Waals surface area contributed by atoms with E-state index in [0.29, 0.717) is 36.2 Å². The Morgan fingerprint density at radius 2 is 2.24 bits per heavy atom. The smallest absolute Gasteiger partial charge is 0.407 e. The first-order valence-electron chi connectivity index (χ1n) is 12.2. The number of nitrogens with one attached hydrogen (secondary N) is 2. The molecule has 5 N–H and O–H groups in total. The number of carboxylic acid groups (broad SMARTS) is 1. The summed E-state index contributed by atoms with van der Waals surface area (Å²) in [6.07, 6.45) is 5.16. The third-order valence-corrected chi connectivity index (χ3v) is 6.83. The number of nitriles is 1. The van der Waals surface area contributed by atoms with Crippen LogP contribution in [-0.2, 0) is 13.0 Å². The Balaban J connectivity index is 1.58. The Kier molecular flexibility index (Phi) is 8.43. The van der Waals surface area contributed by atoms with E-state index in [1.54, 1.807) is 18.2 Å². The largest absolute Gasteiger partial charge is 0.465 e. The van der Waals surface area contributed by atoms with Crippen molar-refractivity contribution in [2.45, 2.75) is 65.8 Å². The fourth-order valence-corrected chi connectivity index (χ4v) is 4.90. The summed E-state index contributed by atoms with van der Waals surface area (Å²) >= 11 is 0. The number of nitrogens with two attached hydrogens (primary N) is 1. The first-order chi connectivity index (χ1) is 16.2. The second-order valence-electron chi connectivity index (χ2n) is 10.5. The molecule has 2 aromatic rings. The van der Waals surface area contributed by atoms with Gasteiger partial charge in [0.25, 0.3) is 0 Å². The number of anilines is 2. The van der Waals surface area contributed by atoms with Crippen molar-refractivity contribution in [2.24, 2.45) is 17.3 Å². The second-order valence-corrected chi connectivity index (χ2v) is 10.5. The van der Waals surface area contributed by atoms with E-state index < -0.39 is 6.09 Å². The number of amides is 1. The van der Waals surface area contributed by atoms with E-state index in [4.69, 9.17) is 11.0 Å². The highest BCUT2D eigenvalue weighted by molar-refractivity contribution is 5.68. The zero-order valence-electron chi connectivity index (χ0n) is 20.6. The van der Waals surface area contributed by atoms with Crippen LogP contribution < -0.4 is 11.1 Å². The summed E-state index contributed by atoms with van der Waals surface area (Å²) in [6, 6.07) is 9.39. The Bertz CT molecular complexity index is 1010. The minimum absolute atomic E-state index is 0.0280. The molecule has 2 unspecified atom stereocenters. The Morgan fingerprint density at radius 3 is 2.94 bits per heavy atom. The van der Waals surface area contributed by atoms with Gasteiger partial charge in [-0.2, -0.15) is 10.4 Å². The number of nitrogen functional groups attached to an aromatic ring is 1. The summed E-state index contributed by atoms with van der Waals surface area (Å²) in [4.78, 5) is 13.5. The number of hydrogen-bond donors (Lipinski definition) is 4. The van der Waals surface area contributed by atoms with Crippen molar-refractivity contribution < 1.29 is 9.90 Å². The SMILES string of the molecule is CC(C)CCc1cc(CN(CC2CCCC(C)(CNc3cc(C#N)ccc3N)C2)C(=O)O)[nH]n1. The molecule has 8 heteroatoms. The number of carbonyl (C=O) groups is 1. The summed E-state index contributed by atoms with van der Waals surface area (Å²) in [6.45, 7) is 8.19. The van der Waals surface area contributed by atoms with Gasteiger partial charge in [0, 0.05) is 13.1 Å². The molecular formula is C26H38N6O2. The van der Waals surface area contributed by atoms with Crippen molar-refractivity contribution in [1.29, 1.82) is 5.26 Å². The van der Waals surface area contributed by atoms with Gasteiger partial charge in [-0.25, -0.2) is 4.79 Å². The highest BCUT2D eigenvalue weighted by Gasteiger charge is 2.34. The van der Waals surface area contributed by atoms with Crippen LogP contribution >= 0.6 is 0 Å². The van der Waals surface area contributed by atoms with Gasteiger partial charge in [0.05, 0.1) is 40.9 Å². The molecule has 1 aliphatic rings.